The summed E-state index contributed by atoms with van der Waals surface area (Å²) in [7, 11) is 0. The number of pyridine rings is 1. The van der Waals surface area contributed by atoms with Crippen LogP contribution in [0.3, 0.4) is 0 Å². The highest BCUT2D eigenvalue weighted by Crippen LogP contribution is 2.44. The van der Waals surface area contributed by atoms with Gasteiger partial charge >= 0.3 is 0 Å². The molecule has 140 valence electrons. The summed E-state index contributed by atoms with van der Waals surface area (Å²) in [6, 6.07) is 32.3. The van der Waals surface area contributed by atoms with Gasteiger partial charge in [-0.3, -0.25) is 0 Å². The topological polar surface area (TPSA) is 12.9 Å². The first-order chi connectivity index (χ1) is 14.2. The van der Waals surface area contributed by atoms with Crippen LogP contribution in [0.5, 0.6) is 0 Å². The van der Waals surface area contributed by atoms with Crippen LogP contribution in [0.4, 0.5) is 0 Å². The van der Waals surface area contributed by atoms with Gasteiger partial charge in [0.2, 0.25) is 0 Å². The third kappa shape index (κ3) is 3.37. The number of nitrogens with zero attached hydrogens (tertiary/aromatic N) is 1. The van der Waals surface area contributed by atoms with Crippen molar-refractivity contribution in [2.45, 2.75) is 13.8 Å². The van der Waals surface area contributed by atoms with E-state index in [1.807, 2.05) is 11.3 Å². The average molecular weight is 392 g/mol. The Kier molecular flexibility index (Phi) is 4.49. The molecule has 0 fully saturated rings. The Bertz CT molecular complexity index is 1280. The molecule has 0 radical (unpaired) electrons. The standard InChI is InChI=1S/C27H21NS/c1-18-15-19(2)17-22(16-18)23-13-14-24-26(28-23)25(20-9-5-3-6-10-20)27(29-24)21-11-7-4-8-12-21/h3-17H,1-2H3. The van der Waals surface area contributed by atoms with Gasteiger partial charge in [0.05, 0.1) is 15.9 Å². The zero-order valence-corrected chi connectivity index (χ0v) is 17.3. The summed E-state index contributed by atoms with van der Waals surface area (Å²) >= 11 is 1.82. The normalized spacial score (nSPS) is 11.1. The molecule has 0 amide bonds. The Morgan fingerprint density at radius 1 is 0.621 bits per heavy atom. The fourth-order valence-corrected chi connectivity index (χ4v) is 5.10. The third-order valence-electron chi connectivity index (χ3n) is 5.15. The fourth-order valence-electron chi connectivity index (χ4n) is 3.93. The summed E-state index contributed by atoms with van der Waals surface area (Å²) in [5.74, 6) is 0. The number of benzene rings is 3. The lowest BCUT2D eigenvalue weighted by Gasteiger charge is -2.07. The molecule has 29 heavy (non-hydrogen) atoms. The number of hydrogen-bond donors (Lipinski definition) is 0. The summed E-state index contributed by atoms with van der Waals surface area (Å²) < 4.78 is 1.22. The summed E-state index contributed by atoms with van der Waals surface area (Å²) in [4.78, 5) is 6.44. The quantitative estimate of drug-likeness (QED) is 0.304. The van der Waals surface area contributed by atoms with E-state index in [4.69, 9.17) is 4.98 Å². The fraction of sp³-hybridized carbons (Fsp3) is 0.0741. The largest absolute Gasteiger partial charge is 0.246 e. The predicted octanol–water partition coefficient (Wildman–Crippen LogP) is 7.91. The van der Waals surface area contributed by atoms with Crippen LogP contribution >= 0.6 is 11.3 Å². The molecule has 0 atom stereocenters. The first-order valence-corrected chi connectivity index (χ1v) is 10.6. The minimum Gasteiger partial charge on any atom is -0.246 e. The highest BCUT2D eigenvalue weighted by atomic mass is 32.1. The summed E-state index contributed by atoms with van der Waals surface area (Å²) in [6.45, 7) is 4.28. The van der Waals surface area contributed by atoms with E-state index >= 15 is 0 Å². The van der Waals surface area contributed by atoms with E-state index in [1.165, 1.54) is 43.0 Å². The first-order valence-electron chi connectivity index (χ1n) is 9.82. The van der Waals surface area contributed by atoms with Crippen molar-refractivity contribution in [1.82, 2.24) is 4.98 Å². The number of aromatic nitrogens is 1. The SMILES string of the molecule is Cc1cc(C)cc(-c2ccc3sc(-c4ccccc4)c(-c4ccccc4)c3n2)c1. The molecule has 0 aliphatic rings. The molecule has 5 rings (SSSR count). The van der Waals surface area contributed by atoms with Gasteiger partial charge in [-0.25, -0.2) is 4.98 Å². The van der Waals surface area contributed by atoms with Crippen LogP contribution in [0, 0.1) is 13.8 Å². The van der Waals surface area contributed by atoms with Gasteiger partial charge < -0.3 is 0 Å². The molecule has 5 aromatic rings. The van der Waals surface area contributed by atoms with Gasteiger partial charge in [0.1, 0.15) is 0 Å². The lowest BCUT2D eigenvalue weighted by atomic mass is 10.0. The molecular formula is C27H21NS. The molecule has 3 aromatic carbocycles. The van der Waals surface area contributed by atoms with E-state index < -0.39 is 0 Å². The van der Waals surface area contributed by atoms with Gasteiger partial charge in [-0.1, -0.05) is 77.9 Å². The van der Waals surface area contributed by atoms with E-state index in [9.17, 15) is 0 Å². The van der Waals surface area contributed by atoms with Crippen molar-refractivity contribution in [1.29, 1.82) is 0 Å². The number of thiophene rings is 1. The maximum absolute atomic E-state index is 5.16. The van der Waals surface area contributed by atoms with Crippen LogP contribution in [0.2, 0.25) is 0 Å². The molecule has 0 aliphatic carbocycles. The maximum Gasteiger partial charge on any atom is 0.0902 e. The smallest absolute Gasteiger partial charge is 0.0902 e. The van der Waals surface area contributed by atoms with Crippen molar-refractivity contribution >= 4 is 21.6 Å². The number of hydrogen-bond acceptors (Lipinski definition) is 2. The van der Waals surface area contributed by atoms with Crippen molar-refractivity contribution in [2.24, 2.45) is 0 Å². The van der Waals surface area contributed by atoms with Crippen LogP contribution in [0.25, 0.3) is 43.0 Å². The summed E-state index contributed by atoms with van der Waals surface area (Å²) in [6.07, 6.45) is 0. The van der Waals surface area contributed by atoms with Crippen LogP contribution < -0.4 is 0 Å². The highest BCUT2D eigenvalue weighted by molar-refractivity contribution is 7.23. The molecule has 0 spiro atoms. The lowest BCUT2D eigenvalue weighted by molar-refractivity contribution is 1.35. The van der Waals surface area contributed by atoms with Crippen molar-refractivity contribution in [3.63, 3.8) is 0 Å². The molecule has 0 saturated heterocycles. The summed E-state index contributed by atoms with van der Waals surface area (Å²) in [5.41, 5.74) is 9.49. The highest BCUT2D eigenvalue weighted by Gasteiger charge is 2.17. The van der Waals surface area contributed by atoms with Gasteiger partial charge in [-0.15, -0.1) is 11.3 Å². The van der Waals surface area contributed by atoms with Crippen LogP contribution in [0.1, 0.15) is 11.1 Å². The molecule has 2 aromatic heterocycles. The zero-order chi connectivity index (χ0) is 19.8. The molecule has 2 heterocycles. The maximum atomic E-state index is 5.16. The second-order valence-electron chi connectivity index (χ2n) is 7.46. The van der Waals surface area contributed by atoms with Crippen molar-refractivity contribution in [3.8, 4) is 32.8 Å². The lowest BCUT2D eigenvalue weighted by Crippen LogP contribution is -1.88. The van der Waals surface area contributed by atoms with Gasteiger partial charge in [0.25, 0.3) is 0 Å². The summed E-state index contributed by atoms with van der Waals surface area (Å²) in [5, 5.41) is 0. The molecular weight excluding hydrogens is 370 g/mol. The van der Waals surface area contributed by atoms with Gasteiger partial charge in [-0.2, -0.15) is 0 Å². The Hall–Kier alpha value is -3.23. The van der Waals surface area contributed by atoms with E-state index in [-0.39, 0.29) is 0 Å². The van der Waals surface area contributed by atoms with Crippen LogP contribution in [-0.4, -0.2) is 4.98 Å². The van der Waals surface area contributed by atoms with E-state index in [2.05, 4.69) is 105 Å². The minimum atomic E-state index is 1.03. The average Bonchev–Trinajstić information content (AvgIpc) is 3.13. The number of fused-ring (bicyclic) bond motifs is 1. The van der Waals surface area contributed by atoms with Crippen LogP contribution in [0.15, 0.2) is 91.0 Å². The third-order valence-corrected chi connectivity index (χ3v) is 6.34. The number of rotatable bonds is 3. The Labute approximate surface area is 175 Å². The van der Waals surface area contributed by atoms with Gasteiger partial charge in [0.15, 0.2) is 0 Å². The Morgan fingerprint density at radius 3 is 1.90 bits per heavy atom. The van der Waals surface area contributed by atoms with E-state index in [0.717, 1.165) is 11.2 Å². The van der Waals surface area contributed by atoms with Crippen molar-refractivity contribution in [2.75, 3.05) is 0 Å². The molecule has 0 unspecified atom stereocenters. The van der Waals surface area contributed by atoms with Crippen LogP contribution in [-0.2, 0) is 0 Å². The van der Waals surface area contributed by atoms with E-state index in [0.29, 0.717) is 0 Å². The Balaban J connectivity index is 1.79. The predicted molar refractivity (Wildman–Crippen MR) is 125 cm³/mol. The second-order valence-corrected chi connectivity index (χ2v) is 8.51. The zero-order valence-electron chi connectivity index (χ0n) is 16.5. The van der Waals surface area contributed by atoms with E-state index in [1.54, 1.807) is 0 Å². The molecule has 2 heteroatoms. The molecule has 0 N–H and O–H groups in total. The Morgan fingerprint density at radius 2 is 1.24 bits per heavy atom. The molecule has 1 nitrogen and oxygen atoms in total. The first kappa shape index (κ1) is 17.8. The van der Waals surface area contributed by atoms with Crippen molar-refractivity contribution in [3.05, 3.63) is 102 Å². The number of aryl methyl sites for hydroxylation is 2. The van der Waals surface area contributed by atoms with Gasteiger partial charge in [0, 0.05) is 16.0 Å². The monoisotopic (exact) mass is 391 g/mol. The molecule has 0 bridgehead atoms. The van der Waals surface area contributed by atoms with Gasteiger partial charge in [-0.05, 0) is 49.2 Å². The van der Waals surface area contributed by atoms with Crippen molar-refractivity contribution < 1.29 is 0 Å². The second kappa shape index (κ2) is 7.31. The molecule has 0 saturated carbocycles. The molecule has 0 aliphatic heterocycles. The minimum absolute atomic E-state index is 1.03.